The first-order valence-electron chi connectivity index (χ1n) is 10.2. The summed E-state index contributed by atoms with van der Waals surface area (Å²) in [6.07, 6.45) is 0. The van der Waals surface area contributed by atoms with E-state index in [1.165, 1.54) is 0 Å². The summed E-state index contributed by atoms with van der Waals surface area (Å²) in [5, 5.41) is 9.84. The van der Waals surface area contributed by atoms with Crippen molar-refractivity contribution in [2.45, 2.75) is 6.92 Å². The Morgan fingerprint density at radius 3 is 2.21 bits per heavy atom. The van der Waals surface area contributed by atoms with Gasteiger partial charge >= 0.3 is 0 Å². The van der Waals surface area contributed by atoms with Gasteiger partial charge in [0.05, 0.1) is 7.11 Å². The molecule has 0 aliphatic heterocycles. The number of nitrogens with one attached hydrogen (secondary N) is 3. The Balaban J connectivity index is 1.42. The topological polar surface area (TPSA) is 88.2 Å². The van der Waals surface area contributed by atoms with Gasteiger partial charge in [-0.1, -0.05) is 17.7 Å². The summed E-state index contributed by atoms with van der Waals surface area (Å²) in [6, 6.07) is 23.5. The molecule has 0 aliphatic carbocycles. The number of halogens is 1. The van der Waals surface area contributed by atoms with Crippen LogP contribution < -0.4 is 20.7 Å². The Morgan fingerprint density at radius 2 is 1.52 bits per heavy atom. The number of hydrogen-bond donors (Lipinski definition) is 3. The molecule has 0 aliphatic rings. The quantitative estimate of drug-likeness (QED) is 0.305. The normalized spacial score (nSPS) is 10.4. The van der Waals surface area contributed by atoms with Crippen LogP contribution in [0.3, 0.4) is 0 Å². The van der Waals surface area contributed by atoms with Gasteiger partial charge in [-0.2, -0.15) is 4.98 Å². The van der Waals surface area contributed by atoms with Gasteiger partial charge in [-0.25, -0.2) is 4.98 Å². The third kappa shape index (κ3) is 5.99. The molecule has 0 unspecified atom stereocenters. The second-order valence-corrected chi connectivity index (χ2v) is 7.67. The molecule has 7 nitrogen and oxygen atoms in total. The molecule has 1 aromatic heterocycles. The third-order valence-corrected chi connectivity index (χ3v) is 4.94. The highest BCUT2D eigenvalue weighted by Crippen LogP contribution is 2.22. The highest BCUT2D eigenvalue weighted by Gasteiger charge is 2.08. The van der Waals surface area contributed by atoms with Crippen LogP contribution >= 0.6 is 11.6 Å². The van der Waals surface area contributed by atoms with Crippen molar-refractivity contribution in [1.82, 2.24) is 9.97 Å². The van der Waals surface area contributed by atoms with Crippen LogP contribution in [0.4, 0.5) is 28.8 Å². The van der Waals surface area contributed by atoms with Crippen LogP contribution in [-0.4, -0.2) is 23.0 Å². The Kier molecular flexibility index (Phi) is 6.71. The molecule has 1 amide bonds. The van der Waals surface area contributed by atoms with Crippen molar-refractivity contribution in [3.63, 3.8) is 0 Å². The van der Waals surface area contributed by atoms with Crippen LogP contribution in [0.15, 0.2) is 78.9 Å². The van der Waals surface area contributed by atoms with Crippen molar-refractivity contribution in [3.8, 4) is 5.75 Å². The largest absolute Gasteiger partial charge is 0.497 e. The molecule has 3 aromatic carbocycles. The van der Waals surface area contributed by atoms with E-state index < -0.39 is 0 Å². The summed E-state index contributed by atoms with van der Waals surface area (Å²) in [4.78, 5) is 21.4. The zero-order valence-corrected chi connectivity index (χ0v) is 18.9. The summed E-state index contributed by atoms with van der Waals surface area (Å²) < 4.78 is 5.19. The average molecular weight is 460 g/mol. The lowest BCUT2D eigenvalue weighted by Gasteiger charge is -2.11. The van der Waals surface area contributed by atoms with E-state index in [-0.39, 0.29) is 5.91 Å². The molecule has 0 saturated heterocycles. The van der Waals surface area contributed by atoms with Crippen molar-refractivity contribution in [2.75, 3.05) is 23.1 Å². The van der Waals surface area contributed by atoms with E-state index in [0.29, 0.717) is 28.0 Å². The Bertz CT molecular complexity index is 1260. The van der Waals surface area contributed by atoms with Crippen LogP contribution in [0, 0.1) is 6.92 Å². The van der Waals surface area contributed by atoms with Gasteiger partial charge in [0.2, 0.25) is 5.95 Å². The molecule has 0 spiro atoms. The summed E-state index contributed by atoms with van der Waals surface area (Å²) in [6.45, 7) is 1.90. The number of aromatic nitrogens is 2. The average Bonchev–Trinajstić information content (AvgIpc) is 2.80. The fourth-order valence-electron chi connectivity index (χ4n) is 3.11. The van der Waals surface area contributed by atoms with Crippen LogP contribution in [-0.2, 0) is 0 Å². The molecule has 0 radical (unpaired) electrons. The number of ether oxygens (including phenoxy) is 1. The molecule has 33 heavy (non-hydrogen) atoms. The van der Waals surface area contributed by atoms with Gasteiger partial charge in [-0.15, -0.1) is 0 Å². The molecule has 4 rings (SSSR count). The SMILES string of the molecule is COc1ccc(Nc2cc(C)nc(Nc3ccc(NC(=O)c4cccc(Cl)c4)cc3)n2)cc1. The maximum Gasteiger partial charge on any atom is 0.255 e. The van der Waals surface area contributed by atoms with E-state index in [1.54, 1.807) is 43.5 Å². The number of carbonyl (C=O) groups excluding carboxylic acids is 1. The molecular formula is C25H22ClN5O2. The number of carbonyl (C=O) groups is 1. The first-order chi connectivity index (χ1) is 16.0. The number of methoxy groups -OCH3 is 1. The molecule has 8 heteroatoms. The smallest absolute Gasteiger partial charge is 0.255 e. The minimum atomic E-state index is -0.227. The minimum absolute atomic E-state index is 0.227. The van der Waals surface area contributed by atoms with Gasteiger partial charge in [-0.05, 0) is 73.7 Å². The molecule has 0 fully saturated rings. The number of hydrogen-bond acceptors (Lipinski definition) is 6. The summed E-state index contributed by atoms with van der Waals surface area (Å²) >= 11 is 5.96. The molecule has 0 bridgehead atoms. The summed E-state index contributed by atoms with van der Waals surface area (Å²) in [7, 11) is 1.63. The van der Waals surface area contributed by atoms with Crippen molar-refractivity contribution >= 4 is 46.3 Å². The molecule has 166 valence electrons. The lowest BCUT2D eigenvalue weighted by atomic mass is 10.2. The van der Waals surface area contributed by atoms with Gasteiger partial charge in [-0.3, -0.25) is 4.79 Å². The lowest BCUT2D eigenvalue weighted by Crippen LogP contribution is -2.11. The Morgan fingerprint density at radius 1 is 0.848 bits per heavy atom. The van der Waals surface area contributed by atoms with E-state index in [4.69, 9.17) is 16.3 Å². The second kappa shape index (κ2) is 10.0. The van der Waals surface area contributed by atoms with Crippen LogP contribution in [0.1, 0.15) is 16.1 Å². The number of rotatable bonds is 7. The van der Waals surface area contributed by atoms with Crippen molar-refractivity contribution in [2.24, 2.45) is 0 Å². The van der Waals surface area contributed by atoms with E-state index in [2.05, 4.69) is 25.9 Å². The first-order valence-corrected chi connectivity index (χ1v) is 10.6. The molecule has 0 atom stereocenters. The van der Waals surface area contributed by atoms with Crippen LogP contribution in [0.5, 0.6) is 5.75 Å². The molecule has 3 N–H and O–H groups in total. The van der Waals surface area contributed by atoms with Crippen molar-refractivity contribution < 1.29 is 9.53 Å². The third-order valence-electron chi connectivity index (χ3n) is 4.70. The number of benzene rings is 3. The predicted octanol–water partition coefficient (Wildman–Crippen LogP) is 6.19. The molecule has 0 saturated carbocycles. The maximum atomic E-state index is 12.4. The van der Waals surface area contributed by atoms with Crippen molar-refractivity contribution in [3.05, 3.63) is 95.1 Å². The number of aryl methyl sites for hydroxylation is 1. The van der Waals surface area contributed by atoms with E-state index in [1.807, 2.05) is 49.4 Å². The number of anilines is 5. The second-order valence-electron chi connectivity index (χ2n) is 7.24. The fraction of sp³-hybridized carbons (Fsp3) is 0.0800. The predicted molar refractivity (Wildman–Crippen MR) is 132 cm³/mol. The zero-order valence-electron chi connectivity index (χ0n) is 18.1. The van der Waals surface area contributed by atoms with Gasteiger partial charge in [0, 0.05) is 39.4 Å². The van der Waals surface area contributed by atoms with E-state index >= 15 is 0 Å². The molecule has 1 heterocycles. The van der Waals surface area contributed by atoms with Crippen LogP contribution in [0.2, 0.25) is 5.02 Å². The van der Waals surface area contributed by atoms with Gasteiger partial charge in [0.25, 0.3) is 5.91 Å². The highest BCUT2D eigenvalue weighted by molar-refractivity contribution is 6.31. The van der Waals surface area contributed by atoms with Crippen molar-refractivity contribution in [1.29, 1.82) is 0 Å². The minimum Gasteiger partial charge on any atom is -0.497 e. The van der Waals surface area contributed by atoms with Gasteiger partial charge in [0.15, 0.2) is 0 Å². The Hall–Kier alpha value is -4.10. The van der Waals surface area contributed by atoms with E-state index in [9.17, 15) is 4.79 Å². The Labute approximate surface area is 196 Å². The lowest BCUT2D eigenvalue weighted by molar-refractivity contribution is 0.102. The van der Waals surface area contributed by atoms with Gasteiger partial charge < -0.3 is 20.7 Å². The number of nitrogens with zero attached hydrogens (tertiary/aromatic N) is 2. The maximum absolute atomic E-state index is 12.4. The van der Waals surface area contributed by atoms with Gasteiger partial charge in [0.1, 0.15) is 11.6 Å². The van der Waals surface area contributed by atoms with E-state index in [0.717, 1.165) is 22.8 Å². The monoisotopic (exact) mass is 459 g/mol. The standard InChI is InChI=1S/C25H22ClN5O2/c1-16-14-23(28-19-10-12-22(33-2)13-11-19)31-25(27-16)30-21-8-6-20(7-9-21)29-24(32)17-4-3-5-18(26)15-17/h3-15H,1-2H3,(H,29,32)(H2,27,28,30,31). The fourth-order valence-corrected chi connectivity index (χ4v) is 3.30. The molecule has 4 aromatic rings. The zero-order chi connectivity index (χ0) is 23.2. The summed E-state index contributed by atoms with van der Waals surface area (Å²) in [5.41, 5.74) is 3.65. The van der Waals surface area contributed by atoms with Crippen LogP contribution in [0.25, 0.3) is 0 Å². The molecular weight excluding hydrogens is 438 g/mol. The highest BCUT2D eigenvalue weighted by atomic mass is 35.5. The number of amides is 1. The summed E-state index contributed by atoms with van der Waals surface area (Å²) in [5.74, 6) is 1.69. The first kappa shape index (κ1) is 22.1.